The normalized spacial score (nSPS) is 14.4. The Balaban J connectivity index is 0.000000603. The van der Waals surface area contributed by atoms with E-state index < -0.39 is 0 Å². The van der Waals surface area contributed by atoms with Gasteiger partial charge in [-0.15, -0.1) is 0 Å². The second-order valence-electron chi connectivity index (χ2n) is 11.3. The van der Waals surface area contributed by atoms with Crippen LogP contribution in [0.5, 0.6) is 0 Å². The monoisotopic (exact) mass is 527 g/mol. The molecular formula is C34H42ClN3. The second kappa shape index (κ2) is 12.7. The van der Waals surface area contributed by atoms with Gasteiger partial charge in [0.2, 0.25) is 0 Å². The van der Waals surface area contributed by atoms with Gasteiger partial charge in [0.25, 0.3) is 0 Å². The van der Waals surface area contributed by atoms with Crippen LogP contribution in [0.25, 0.3) is 22.6 Å². The molecule has 1 aliphatic carbocycles. The van der Waals surface area contributed by atoms with Crippen molar-refractivity contribution in [3.05, 3.63) is 89.1 Å². The molecule has 200 valence electrons. The first-order chi connectivity index (χ1) is 18.3. The van der Waals surface area contributed by atoms with Gasteiger partial charge < -0.3 is 10.3 Å². The number of rotatable bonds is 9. The number of aromatic amines is 1. The van der Waals surface area contributed by atoms with Crippen LogP contribution in [0.15, 0.2) is 72.9 Å². The molecule has 1 aliphatic rings. The van der Waals surface area contributed by atoms with E-state index in [2.05, 4.69) is 86.3 Å². The number of benzene rings is 3. The number of nitrogens with one attached hydrogen (secondary N) is 2. The minimum absolute atomic E-state index is 0.675. The van der Waals surface area contributed by atoms with Crippen molar-refractivity contribution in [2.45, 2.75) is 73.1 Å². The summed E-state index contributed by atoms with van der Waals surface area (Å²) in [6.07, 6.45) is 9.29. The molecule has 3 nitrogen and oxygen atoms in total. The number of aryl methyl sites for hydroxylation is 1. The quantitative estimate of drug-likeness (QED) is 0.227. The summed E-state index contributed by atoms with van der Waals surface area (Å²) < 4.78 is 0. The van der Waals surface area contributed by atoms with Gasteiger partial charge in [0.05, 0.1) is 16.9 Å². The molecule has 0 amide bonds. The summed E-state index contributed by atoms with van der Waals surface area (Å²) in [5.41, 5.74) is 8.72. The van der Waals surface area contributed by atoms with Crippen LogP contribution in [0.4, 0.5) is 11.4 Å². The molecule has 3 aromatic carbocycles. The summed E-state index contributed by atoms with van der Waals surface area (Å²) in [6.45, 7) is 11.4. The van der Waals surface area contributed by atoms with Gasteiger partial charge in [-0.3, -0.25) is 0 Å². The van der Waals surface area contributed by atoms with Crippen molar-refractivity contribution < 1.29 is 0 Å². The van der Waals surface area contributed by atoms with Gasteiger partial charge in [-0.1, -0.05) is 95.1 Å². The molecule has 4 aromatic rings. The van der Waals surface area contributed by atoms with Crippen molar-refractivity contribution in [1.29, 1.82) is 0 Å². The molecule has 2 N–H and O–H groups in total. The lowest BCUT2D eigenvalue weighted by Crippen LogP contribution is -2.03. The summed E-state index contributed by atoms with van der Waals surface area (Å²) >= 11 is 6.58. The third kappa shape index (κ3) is 7.51. The third-order valence-electron chi connectivity index (χ3n) is 7.65. The molecule has 0 saturated heterocycles. The molecule has 0 radical (unpaired) electrons. The Kier molecular flexibility index (Phi) is 9.33. The van der Waals surface area contributed by atoms with Crippen LogP contribution < -0.4 is 5.32 Å². The number of nitrogens with zero attached hydrogens (tertiary/aromatic N) is 1. The average Bonchev–Trinajstić information content (AvgIpc) is 3.41. The summed E-state index contributed by atoms with van der Waals surface area (Å²) in [4.78, 5) is 8.03. The standard InChI is InChI=1S/C29H32ClN3.C5H10/c1-4-20(3)14-16-24-21(5-2)12-9-13-27(24)32-23-15-17-26(30)25(18-23)29-31-19-28(33-29)22-10-7-6-8-11-22;1-5(2)3-4-5/h6-13,15,17-20,32H,4-5,14,16H2,1-3H3,(H,31,33);3-4H2,1-2H3. The minimum Gasteiger partial charge on any atom is -0.355 e. The van der Waals surface area contributed by atoms with E-state index in [1.54, 1.807) is 0 Å². The first kappa shape index (κ1) is 28.0. The fourth-order valence-corrected chi connectivity index (χ4v) is 4.59. The summed E-state index contributed by atoms with van der Waals surface area (Å²) in [5, 5.41) is 4.34. The predicted molar refractivity (Wildman–Crippen MR) is 164 cm³/mol. The van der Waals surface area contributed by atoms with Crippen LogP contribution >= 0.6 is 11.6 Å². The fourth-order valence-electron chi connectivity index (χ4n) is 4.39. The highest BCUT2D eigenvalue weighted by atomic mass is 35.5. The van der Waals surface area contributed by atoms with E-state index in [1.165, 1.54) is 42.5 Å². The number of anilines is 2. The molecular weight excluding hydrogens is 486 g/mol. The van der Waals surface area contributed by atoms with E-state index in [0.29, 0.717) is 5.02 Å². The first-order valence-electron chi connectivity index (χ1n) is 14.1. The zero-order valence-corrected chi connectivity index (χ0v) is 24.3. The van der Waals surface area contributed by atoms with Crippen molar-refractivity contribution in [1.82, 2.24) is 9.97 Å². The lowest BCUT2D eigenvalue weighted by molar-refractivity contribution is 0.516. The maximum absolute atomic E-state index is 6.58. The number of imidazole rings is 1. The van der Waals surface area contributed by atoms with E-state index in [4.69, 9.17) is 11.6 Å². The van der Waals surface area contributed by atoms with E-state index >= 15 is 0 Å². The van der Waals surface area contributed by atoms with Gasteiger partial charge in [-0.2, -0.15) is 0 Å². The van der Waals surface area contributed by atoms with Crippen LogP contribution in [0.3, 0.4) is 0 Å². The summed E-state index contributed by atoms with van der Waals surface area (Å²) in [6, 6.07) is 22.8. The van der Waals surface area contributed by atoms with Crippen LogP contribution in [-0.4, -0.2) is 9.97 Å². The van der Waals surface area contributed by atoms with Crippen molar-refractivity contribution >= 4 is 23.0 Å². The van der Waals surface area contributed by atoms with Gasteiger partial charge >= 0.3 is 0 Å². The van der Waals surface area contributed by atoms with Crippen molar-refractivity contribution in [3.63, 3.8) is 0 Å². The van der Waals surface area contributed by atoms with Crippen LogP contribution in [0.1, 0.15) is 71.4 Å². The van der Waals surface area contributed by atoms with Gasteiger partial charge in [-0.05, 0) is 84.4 Å². The molecule has 1 saturated carbocycles. The number of hydrogen-bond donors (Lipinski definition) is 2. The van der Waals surface area contributed by atoms with E-state index in [0.717, 1.165) is 52.5 Å². The third-order valence-corrected chi connectivity index (χ3v) is 7.98. The molecule has 4 heteroatoms. The molecule has 0 bridgehead atoms. The highest BCUT2D eigenvalue weighted by molar-refractivity contribution is 6.33. The lowest BCUT2D eigenvalue weighted by atomic mass is 9.93. The highest BCUT2D eigenvalue weighted by Crippen LogP contribution is 2.43. The van der Waals surface area contributed by atoms with Crippen molar-refractivity contribution in [2.24, 2.45) is 11.3 Å². The SMILES string of the molecule is CC1(C)CC1.CCc1cccc(Nc2ccc(Cl)c(-c3ncc(-c4ccccc4)[nH]3)c2)c1CCC(C)CC. The molecule has 1 heterocycles. The Morgan fingerprint density at radius 2 is 1.74 bits per heavy atom. The Hall–Kier alpha value is -3.04. The molecule has 1 atom stereocenters. The Morgan fingerprint density at radius 1 is 1.00 bits per heavy atom. The molecule has 38 heavy (non-hydrogen) atoms. The maximum atomic E-state index is 6.58. The maximum Gasteiger partial charge on any atom is 0.139 e. The smallest absolute Gasteiger partial charge is 0.139 e. The number of aromatic nitrogens is 2. The number of hydrogen-bond acceptors (Lipinski definition) is 2. The van der Waals surface area contributed by atoms with Crippen molar-refractivity contribution in [2.75, 3.05) is 5.32 Å². The van der Waals surface area contributed by atoms with Crippen LogP contribution in [-0.2, 0) is 12.8 Å². The number of halogens is 1. The molecule has 5 rings (SSSR count). The lowest BCUT2D eigenvalue weighted by Gasteiger charge is -2.18. The van der Waals surface area contributed by atoms with E-state index in [9.17, 15) is 0 Å². The number of H-pyrrole nitrogens is 1. The molecule has 0 spiro atoms. The van der Waals surface area contributed by atoms with Crippen LogP contribution in [0.2, 0.25) is 5.02 Å². The second-order valence-corrected chi connectivity index (χ2v) is 11.8. The first-order valence-corrected chi connectivity index (χ1v) is 14.5. The predicted octanol–water partition coefficient (Wildman–Crippen LogP) is 10.5. The van der Waals surface area contributed by atoms with Crippen molar-refractivity contribution in [3.8, 4) is 22.6 Å². The van der Waals surface area contributed by atoms with E-state index in [-0.39, 0.29) is 0 Å². The van der Waals surface area contributed by atoms with Gasteiger partial charge in [0, 0.05) is 16.9 Å². The molecule has 0 aliphatic heterocycles. The molecule has 1 unspecified atom stereocenters. The van der Waals surface area contributed by atoms with Gasteiger partial charge in [-0.25, -0.2) is 4.98 Å². The Morgan fingerprint density at radius 3 is 2.39 bits per heavy atom. The van der Waals surface area contributed by atoms with Gasteiger partial charge in [0.1, 0.15) is 5.82 Å². The average molecular weight is 528 g/mol. The highest BCUT2D eigenvalue weighted by Gasteiger charge is 2.30. The fraction of sp³-hybridized carbons (Fsp3) is 0.382. The zero-order valence-electron chi connectivity index (χ0n) is 23.6. The zero-order chi connectivity index (χ0) is 27.1. The summed E-state index contributed by atoms with van der Waals surface area (Å²) in [7, 11) is 0. The Bertz CT molecular complexity index is 1320. The van der Waals surface area contributed by atoms with Gasteiger partial charge in [0.15, 0.2) is 0 Å². The van der Waals surface area contributed by atoms with Crippen LogP contribution in [0, 0.1) is 11.3 Å². The molecule has 1 aromatic heterocycles. The largest absolute Gasteiger partial charge is 0.355 e. The minimum atomic E-state index is 0.675. The Labute approximate surface area is 234 Å². The molecule has 1 fully saturated rings. The van der Waals surface area contributed by atoms with E-state index in [1.807, 2.05) is 36.5 Å². The summed E-state index contributed by atoms with van der Waals surface area (Å²) in [5.74, 6) is 1.49. The topological polar surface area (TPSA) is 40.7 Å².